The van der Waals surface area contributed by atoms with Crippen LogP contribution in [0.25, 0.3) is 0 Å². The molecule has 3 rings (SSSR count). The zero-order chi connectivity index (χ0) is 21.2. The third-order valence-corrected chi connectivity index (χ3v) is 5.94. The van der Waals surface area contributed by atoms with Gasteiger partial charge >= 0.3 is 0 Å². The molecule has 0 spiro atoms. The average Bonchev–Trinajstić information content (AvgIpc) is 2.82. The van der Waals surface area contributed by atoms with Crippen molar-refractivity contribution in [2.45, 2.75) is 37.5 Å². The maximum atomic E-state index is 5.70. The molecule has 2 N–H and O–H groups in total. The summed E-state index contributed by atoms with van der Waals surface area (Å²) in [6.45, 7) is 0.765. The Balaban J connectivity index is 2.10. The lowest BCUT2D eigenvalue weighted by molar-refractivity contribution is 0.413. The monoisotopic (exact) mass is 403 g/mol. The minimum Gasteiger partial charge on any atom is -0.497 e. The van der Waals surface area contributed by atoms with E-state index in [1.54, 1.807) is 14.2 Å². The number of nitrogens with two attached hydrogens (primary N) is 1. The molecule has 0 amide bonds. The van der Waals surface area contributed by atoms with Crippen molar-refractivity contribution >= 4 is 0 Å². The van der Waals surface area contributed by atoms with E-state index in [1.807, 2.05) is 0 Å². The van der Waals surface area contributed by atoms with Crippen LogP contribution in [0, 0.1) is 0 Å². The first-order valence-electron chi connectivity index (χ1n) is 10.8. The molecule has 30 heavy (non-hydrogen) atoms. The highest BCUT2D eigenvalue weighted by Crippen LogP contribution is 2.44. The molecule has 0 aliphatic heterocycles. The fraction of sp³-hybridized carbons (Fsp3) is 0.333. The van der Waals surface area contributed by atoms with Crippen molar-refractivity contribution in [1.82, 2.24) is 0 Å². The van der Waals surface area contributed by atoms with Crippen molar-refractivity contribution in [3.05, 3.63) is 95.6 Å². The molecular formula is C27H33NO2. The van der Waals surface area contributed by atoms with Crippen molar-refractivity contribution in [3.8, 4) is 11.5 Å². The van der Waals surface area contributed by atoms with Gasteiger partial charge in [0.15, 0.2) is 0 Å². The largest absolute Gasteiger partial charge is 0.497 e. The van der Waals surface area contributed by atoms with Crippen molar-refractivity contribution < 1.29 is 9.47 Å². The molecule has 0 bridgehead atoms. The number of hydrogen-bond donors (Lipinski definition) is 1. The van der Waals surface area contributed by atoms with Crippen molar-refractivity contribution in [2.24, 2.45) is 5.73 Å². The van der Waals surface area contributed by atoms with Crippen LogP contribution in [0.3, 0.4) is 0 Å². The van der Waals surface area contributed by atoms with Crippen LogP contribution in [0.5, 0.6) is 11.5 Å². The highest BCUT2D eigenvalue weighted by atomic mass is 16.5. The maximum absolute atomic E-state index is 5.70. The number of hydrogen-bond acceptors (Lipinski definition) is 3. The second-order valence-electron chi connectivity index (χ2n) is 7.68. The van der Waals surface area contributed by atoms with E-state index in [4.69, 9.17) is 15.2 Å². The van der Waals surface area contributed by atoms with Crippen LogP contribution in [-0.4, -0.2) is 20.8 Å². The second kappa shape index (κ2) is 10.8. The van der Waals surface area contributed by atoms with Gasteiger partial charge in [-0.2, -0.15) is 0 Å². The SMILES string of the molecule is COc1ccc(C(CCCCCCN)(c2ccccc2)c2ccc(OC)cc2)cc1. The summed E-state index contributed by atoms with van der Waals surface area (Å²) in [7, 11) is 3.42. The van der Waals surface area contributed by atoms with Gasteiger partial charge in [-0.05, 0) is 60.3 Å². The summed E-state index contributed by atoms with van der Waals surface area (Å²) >= 11 is 0. The molecule has 0 radical (unpaired) electrons. The zero-order valence-electron chi connectivity index (χ0n) is 18.1. The van der Waals surface area contributed by atoms with Crippen LogP contribution in [0.1, 0.15) is 48.8 Å². The molecule has 0 aliphatic rings. The van der Waals surface area contributed by atoms with E-state index in [0.29, 0.717) is 0 Å². The molecule has 0 heterocycles. The van der Waals surface area contributed by atoms with Crippen LogP contribution in [0.15, 0.2) is 78.9 Å². The van der Waals surface area contributed by atoms with E-state index in [9.17, 15) is 0 Å². The van der Waals surface area contributed by atoms with E-state index in [0.717, 1.165) is 37.3 Å². The quantitative estimate of drug-likeness (QED) is 0.318. The molecule has 0 saturated carbocycles. The summed E-state index contributed by atoms with van der Waals surface area (Å²) in [6, 6.07) is 27.9. The average molecular weight is 404 g/mol. The summed E-state index contributed by atoms with van der Waals surface area (Å²) in [6.07, 6.45) is 5.60. The van der Waals surface area contributed by atoms with Gasteiger partial charge in [-0.15, -0.1) is 0 Å². The molecule has 0 atom stereocenters. The highest BCUT2D eigenvalue weighted by Gasteiger charge is 2.35. The third kappa shape index (κ3) is 4.85. The Bertz CT molecular complexity index is 826. The van der Waals surface area contributed by atoms with Crippen molar-refractivity contribution in [1.29, 1.82) is 0 Å². The molecule has 3 aromatic rings. The Morgan fingerprint density at radius 1 is 0.600 bits per heavy atom. The lowest BCUT2D eigenvalue weighted by Crippen LogP contribution is -2.29. The van der Waals surface area contributed by atoms with E-state index in [-0.39, 0.29) is 5.41 Å². The van der Waals surface area contributed by atoms with Gasteiger partial charge in [-0.25, -0.2) is 0 Å². The number of ether oxygens (including phenoxy) is 2. The minimum absolute atomic E-state index is 0.234. The van der Waals surface area contributed by atoms with Crippen LogP contribution in [-0.2, 0) is 5.41 Å². The Labute approximate surface area is 180 Å². The summed E-state index contributed by atoms with van der Waals surface area (Å²) in [5.74, 6) is 1.75. The third-order valence-electron chi connectivity index (χ3n) is 5.94. The summed E-state index contributed by atoms with van der Waals surface area (Å²) in [4.78, 5) is 0. The Morgan fingerprint density at radius 3 is 1.53 bits per heavy atom. The van der Waals surface area contributed by atoms with Gasteiger partial charge in [0.25, 0.3) is 0 Å². The Hall–Kier alpha value is -2.78. The fourth-order valence-electron chi connectivity index (χ4n) is 4.29. The standard InChI is InChI=1S/C27H33NO2/c1-29-25-16-12-23(13-17-25)27(20-8-3-4-9-21-28,22-10-6-5-7-11-22)24-14-18-26(30-2)19-15-24/h5-7,10-19H,3-4,8-9,20-21,28H2,1-2H3. The van der Waals surface area contributed by atoms with Crippen molar-refractivity contribution in [3.63, 3.8) is 0 Å². The maximum Gasteiger partial charge on any atom is 0.118 e. The summed E-state index contributed by atoms with van der Waals surface area (Å²) in [5.41, 5.74) is 9.32. The molecule has 158 valence electrons. The molecule has 3 aromatic carbocycles. The van der Waals surface area contributed by atoms with Gasteiger partial charge < -0.3 is 15.2 Å². The van der Waals surface area contributed by atoms with Gasteiger partial charge in [-0.3, -0.25) is 0 Å². The molecule has 0 unspecified atom stereocenters. The van der Waals surface area contributed by atoms with Crippen LogP contribution in [0.2, 0.25) is 0 Å². The molecule has 0 aliphatic carbocycles. The van der Waals surface area contributed by atoms with Crippen LogP contribution >= 0.6 is 0 Å². The van der Waals surface area contributed by atoms with Gasteiger partial charge in [-0.1, -0.05) is 73.9 Å². The molecule has 0 fully saturated rings. The molecule has 0 aromatic heterocycles. The predicted octanol–water partition coefficient (Wildman–Crippen LogP) is 5.95. The highest BCUT2D eigenvalue weighted by molar-refractivity contribution is 5.52. The van der Waals surface area contributed by atoms with Gasteiger partial charge in [0.2, 0.25) is 0 Å². The van der Waals surface area contributed by atoms with E-state index >= 15 is 0 Å². The number of unbranched alkanes of at least 4 members (excludes halogenated alkanes) is 3. The molecule has 3 nitrogen and oxygen atoms in total. The Morgan fingerprint density at radius 2 is 1.07 bits per heavy atom. The summed E-state index contributed by atoms with van der Waals surface area (Å²) in [5, 5.41) is 0. The predicted molar refractivity (Wildman–Crippen MR) is 124 cm³/mol. The number of rotatable bonds is 11. The lowest BCUT2D eigenvalue weighted by Gasteiger charge is -2.36. The number of benzene rings is 3. The molecule has 0 saturated heterocycles. The number of methoxy groups -OCH3 is 2. The first kappa shape index (κ1) is 21.9. The van der Waals surface area contributed by atoms with Crippen LogP contribution in [0.4, 0.5) is 0 Å². The Kier molecular flexibility index (Phi) is 7.92. The lowest BCUT2D eigenvalue weighted by atomic mass is 9.66. The van der Waals surface area contributed by atoms with Gasteiger partial charge in [0, 0.05) is 5.41 Å². The first-order chi connectivity index (χ1) is 14.7. The van der Waals surface area contributed by atoms with E-state index in [2.05, 4.69) is 78.9 Å². The molecular weight excluding hydrogens is 370 g/mol. The summed E-state index contributed by atoms with van der Waals surface area (Å²) < 4.78 is 10.8. The second-order valence-corrected chi connectivity index (χ2v) is 7.68. The van der Waals surface area contributed by atoms with E-state index < -0.39 is 0 Å². The topological polar surface area (TPSA) is 44.5 Å². The molecule has 3 heteroatoms. The normalized spacial score (nSPS) is 11.3. The zero-order valence-corrected chi connectivity index (χ0v) is 18.1. The van der Waals surface area contributed by atoms with Crippen LogP contribution < -0.4 is 15.2 Å². The minimum atomic E-state index is -0.234. The van der Waals surface area contributed by atoms with Crippen molar-refractivity contribution in [2.75, 3.05) is 20.8 Å². The fourth-order valence-corrected chi connectivity index (χ4v) is 4.29. The first-order valence-corrected chi connectivity index (χ1v) is 10.8. The smallest absolute Gasteiger partial charge is 0.118 e. The van der Waals surface area contributed by atoms with Gasteiger partial charge in [0.05, 0.1) is 14.2 Å². The van der Waals surface area contributed by atoms with E-state index in [1.165, 1.54) is 29.5 Å². The van der Waals surface area contributed by atoms with Gasteiger partial charge in [0.1, 0.15) is 11.5 Å².